The van der Waals surface area contributed by atoms with Gasteiger partial charge < -0.3 is 9.30 Å². The van der Waals surface area contributed by atoms with Gasteiger partial charge in [-0.3, -0.25) is 14.7 Å². The van der Waals surface area contributed by atoms with Crippen molar-refractivity contribution in [1.29, 1.82) is 0 Å². The SMILES string of the molecule is Cc1ccccc1CN(CCCCCOc1ccc2c(ccc(=O)n2C)c1)CCc1cccnc1.Cl.Cl. The third-order valence-corrected chi connectivity index (χ3v) is 6.58. The lowest BCUT2D eigenvalue weighted by atomic mass is 10.1. The molecular weight excluding hydrogens is 505 g/mol. The van der Waals surface area contributed by atoms with Crippen molar-refractivity contribution in [2.24, 2.45) is 7.05 Å². The van der Waals surface area contributed by atoms with Crippen molar-refractivity contribution in [3.63, 3.8) is 0 Å². The molecule has 2 aromatic heterocycles. The van der Waals surface area contributed by atoms with Gasteiger partial charge in [0.1, 0.15) is 5.75 Å². The van der Waals surface area contributed by atoms with Crippen molar-refractivity contribution in [3.05, 3.63) is 106 Å². The van der Waals surface area contributed by atoms with Crippen LogP contribution in [0.1, 0.15) is 36.0 Å². The summed E-state index contributed by atoms with van der Waals surface area (Å²) in [5.41, 5.74) is 4.96. The third kappa shape index (κ3) is 8.89. The first-order chi connectivity index (χ1) is 17.1. The number of aromatic nitrogens is 2. The van der Waals surface area contributed by atoms with Crippen molar-refractivity contribution >= 4 is 35.7 Å². The van der Waals surface area contributed by atoms with E-state index in [2.05, 4.69) is 47.1 Å². The Hall–Kier alpha value is -2.86. The molecule has 7 heteroatoms. The molecule has 2 heterocycles. The number of nitrogens with zero attached hydrogens (tertiary/aromatic N) is 3. The number of halogens is 2. The predicted octanol–water partition coefficient (Wildman–Crippen LogP) is 6.38. The van der Waals surface area contributed by atoms with Crippen LogP contribution in [0.5, 0.6) is 5.75 Å². The van der Waals surface area contributed by atoms with Crippen LogP contribution in [0.4, 0.5) is 0 Å². The maximum atomic E-state index is 11.8. The minimum atomic E-state index is 0. The monoisotopic (exact) mass is 541 g/mol. The van der Waals surface area contributed by atoms with E-state index in [1.807, 2.05) is 42.7 Å². The lowest BCUT2D eigenvalue weighted by molar-refractivity contribution is 0.253. The Balaban J connectivity index is 0.00000241. The van der Waals surface area contributed by atoms with E-state index in [-0.39, 0.29) is 30.4 Å². The highest BCUT2D eigenvalue weighted by Gasteiger charge is 2.09. The third-order valence-electron chi connectivity index (χ3n) is 6.58. The number of ether oxygens (including phenoxy) is 1. The number of hydrogen-bond acceptors (Lipinski definition) is 4. The Bertz CT molecular complexity index is 1300. The second-order valence-electron chi connectivity index (χ2n) is 9.17. The molecule has 0 aliphatic rings. The van der Waals surface area contributed by atoms with Gasteiger partial charge in [0.15, 0.2) is 0 Å². The Morgan fingerprint density at radius 2 is 1.76 bits per heavy atom. The molecule has 4 rings (SSSR count). The molecule has 0 atom stereocenters. The van der Waals surface area contributed by atoms with Crippen LogP contribution < -0.4 is 10.3 Å². The van der Waals surface area contributed by atoms with Gasteiger partial charge in [0.2, 0.25) is 0 Å². The number of pyridine rings is 2. The lowest BCUT2D eigenvalue weighted by Gasteiger charge is -2.23. The minimum absolute atomic E-state index is 0. The van der Waals surface area contributed by atoms with Gasteiger partial charge in [-0.1, -0.05) is 30.3 Å². The van der Waals surface area contributed by atoms with Crippen LogP contribution in [0.2, 0.25) is 0 Å². The van der Waals surface area contributed by atoms with Crippen LogP contribution in [0.25, 0.3) is 10.9 Å². The summed E-state index contributed by atoms with van der Waals surface area (Å²) < 4.78 is 7.66. The fourth-order valence-corrected chi connectivity index (χ4v) is 4.39. The van der Waals surface area contributed by atoms with E-state index in [1.165, 1.54) is 16.7 Å². The number of hydrogen-bond donors (Lipinski definition) is 0. The first-order valence-electron chi connectivity index (χ1n) is 12.5. The quantitative estimate of drug-likeness (QED) is 0.195. The zero-order chi connectivity index (χ0) is 24.5. The summed E-state index contributed by atoms with van der Waals surface area (Å²) in [5, 5.41) is 1.02. The molecule has 37 heavy (non-hydrogen) atoms. The van der Waals surface area contributed by atoms with Crippen molar-refractivity contribution in [3.8, 4) is 5.75 Å². The molecule has 0 radical (unpaired) electrons. The fourth-order valence-electron chi connectivity index (χ4n) is 4.39. The van der Waals surface area contributed by atoms with Gasteiger partial charge >= 0.3 is 0 Å². The summed E-state index contributed by atoms with van der Waals surface area (Å²) in [6.45, 7) is 5.96. The summed E-state index contributed by atoms with van der Waals surface area (Å²) >= 11 is 0. The Labute approximate surface area is 232 Å². The zero-order valence-electron chi connectivity index (χ0n) is 21.6. The first-order valence-corrected chi connectivity index (χ1v) is 12.5. The van der Waals surface area contributed by atoms with E-state index in [0.29, 0.717) is 6.61 Å². The molecule has 0 N–H and O–H groups in total. The maximum Gasteiger partial charge on any atom is 0.250 e. The van der Waals surface area contributed by atoms with E-state index in [4.69, 9.17) is 4.74 Å². The molecule has 0 saturated heterocycles. The van der Waals surface area contributed by atoms with Gasteiger partial charge in [-0.05, 0) is 86.2 Å². The van der Waals surface area contributed by atoms with E-state index in [0.717, 1.165) is 62.0 Å². The molecule has 0 aliphatic heterocycles. The molecule has 2 aromatic carbocycles. The number of rotatable bonds is 12. The minimum Gasteiger partial charge on any atom is -0.494 e. The number of benzene rings is 2. The normalized spacial score (nSPS) is 10.7. The van der Waals surface area contributed by atoms with Crippen LogP contribution in [0.15, 0.2) is 83.9 Å². The predicted molar refractivity (Wildman–Crippen MR) is 157 cm³/mol. The maximum absolute atomic E-state index is 11.8. The Kier molecular flexibility index (Phi) is 12.6. The molecule has 0 bridgehead atoms. The average Bonchev–Trinajstić information content (AvgIpc) is 2.88. The van der Waals surface area contributed by atoms with Gasteiger partial charge in [-0.25, -0.2) is 0 Å². The molecule has 0 spiro atoms. The van der Waals surface area contributed by atoms with Gasteiger partial charge in [-0.15, -0.1) is 24.8 Å². The summed E-state index contributed by atoms with van der Waals surface area (Å²) in [6, 6.07) is 22.2. The van der Waals surface area contributed by atoms with Crippen LogP contribution in [0, 0.1) is 6.92 Å². The van der Waals surface area contributed by atoms with Crippen molar-refractivity contribution < 1.29 is 4.74 Å². The molecule has 5 nitrogen and oxygen atoms in total. The van der Waals surface area contributed by atoms with Crippen LogP contribution in [-0.2, 0) is 20.0 Å². The van der Waals surface area contributed by atoms with E-state index < -0.39 is 0 Å². The summed E-state index contributed by atoms with van der Waals surface area (Å²) in [4.78, 5) is 18.6. The number of aryl methyl sites for hydroxylation is 2. The lowest BCUT2D eigenvalue weighted by Crippen LogP contribution is -2.27. The number of fused-ring (bicyclic) bond motifs is 1. The second-order valence-corrected chi connectivity index (χ2v) is 9.17. The highest BCUT2D eigenvalue weighted by molar-refractivity contribution is 5.85. The average molecular weight is 543 g/mol. The molecule has 0 amide bonds. The van der Waals surface area contributed by atoms with Crippen molar-refractivity contribution in [1.82, 2.24) is 14.5 Å². The highest BCUT2D eigenvalue weighted by atomic mass is 35.5. The van der Waals surface area contributed by atoms with Crippen LogP contribution >= 0.6 is 24.8 Å². The van der Waals surface area contributed by atoms with Gasteiger partial charge in [0, 0.05) is 44.0 Å². The summed E-state index contributed by atoms with van der Waals surface area (Å²) in [5.74, 6) is 0.855. The van der Waals surface area contributed by atoms with E-state index >= 15 is 0 Å². The molecule has 0 saturated carbocycles. The molecule has 0 aliphatic carbocycles. The van der Waals surface area contributed by atoms with Gasteiger partial charge in [0.05, 0.1) is 12.1 Å². The molecule has 0 unspecified atom stereocenters. The zero-order valence-corrected chi connectivity index (χ0v) is 23.3. The van der Waals surface area contributed by atoms with Crippen molar-refractivity contribution in [2.45, 2.75) is 39.2 Å². The van der Waals surface area contributed by atoms with E-state index in [9.17, 15) is 4.79 Å². The Morgan fingerprint density at radius 3 is 2.54 bits per heavy atom. The molecule has 0 fully saturated rings. The Morgan fingerprint density at radius 1 is 0.919 bits per heavy atom. The highest BCUT2D eigenvalue weighted by Crippen LogP contribution is 2.20. The summed E-state index contributed by atoms with van der Waals surface area (Å²) in [6.07, 6.45) is 8.09. The van der Waals surface area contributed by atoms with Crippen molar-refractivity contribution in [2.75, 3.05) is 19.7 Å². The summed E-state index contributed by atoms with van der Waals surface area (Å²) in [7, 11) is 1.80. The smallest absolute Gasteiger partial charge is 0.250 e. The van der Waals surface area contributed by atoms with Crippen LogP contribution in [-0.4, -0.2) is 34.1 Å². The van der Waals surface area contributed by atoms with Crippen LogP contribution in [0.3, 0.4) is 0 Å². The molecule has 4 aromatic rings. The first kappa shape index (κ1) is 30.4. The molecule has 198 valence electrons. The second kappa shape index (κ2) is 15.4. The largest absolute Gasteiger partial charge is 0.494 e. The standard InChI is InChI=1S/C30H35N3O2.2ClH/c1-24-9-4-5-11-27(24)23-33(19-16-25-10-8-17-31-22-25)18-6-3-7-20-35-28-13-14-29-26(21-28)12-15-30(34)32(29)2;;/h4-5,8-15,17,21-22H,3,6-7,16,18-20,23H2,1-2H3;2*1H. The van der Waals surface area contributed by atoms with Gasteiger partial charge in [0.25, 0.3) is 5.56 Å². The fraction of sp³-hybridized carbons (Fsp3) is 0.333. The molecular formula is C30H37Cl2N3O2. The van der Waals surface area contributed by atoms with Gasteiger partial charge in [-0.2, -0.15) is 0 Å². The van der Waals surface area contributed by atoms with E-state index in [1.54, 1.807) is 17.7 Å². The number of unbranched alkanes of at least 4 members (excludes halogenated alkanes) is 2. The topological polar surface area (TPSA) is 47.4 Å².